The highest BCUT2D eigenvalue weighted by Gasteiger charge is 2.38. The van der Waals surface area contributed by atoms with Gasteiger partial charge in [0.15, 0.2) is 5.69 Å². The highest BCUT2D eigenvalue weighted by molar-refractivity contribution is 5.93. The van der Waals surface area contributed by atoms with Crippen molar-refractivity contribution >= 4 is 5.91 Å². The zero-order chi connectivity index (χ0) is 16.6. The van der Waals surface area contributed by atoms with Gasteiger partial charge in [-0.05, 0) is 12.8 Å². The smallest absolute Gasteiger partial charge is 0.329 e. The van der Waals surface area contributed by atoms with E-state index in [-0.39, 0.29) is 11.7 Å². The van der Waals surface area contributed by atoms with Crippen molar-refractivity contribution in [2.45, 2.75) is 25.1 Å². The molecule has 0 bridgehead atoms. The molecule has 6 nitrogen and oxygen atoms in total. The number of alkyl halides is 3. The molecule has 0 aliphatic carbocycles. The normalized spacial score (nSPS) is 18.4. The molecule has 1 amide bonds. The molecular formula is C14H14F3N5O. The van der Waals surface area contributed by atoms with Gasteiger partial charge in [-0.1, -0.05) is 0 Å². The van der Waals surface area contributed by atoms with Crippen LogP contribution in [0.1, 0.15) is 40.8 Å². The quantitative estimate of drug-likeness (QED) is 0.849. The molecular weight excluding hydrogens is 311 g/mol. The van der Waals surface area contributed by atoms with E-state index in [1.165, 1.54) is 24.3 Å². The van der Waals surface area contributed by atoms with Gasteiger partial charge in [0.1, 0.15) is 5.69 Å². The fourth-order valence-corrected chi connectivity index (χ4v) is 2.78. The van der Waals surface area contributed by atoms with Crippen molar-refractivity contribution < 1.29 is 18.0 Å². The molecule has 0 saturated carbocycles. The minimum absolute atomic E-state index is 0.212. The Morgan fingerprint density at radius 2 is 2.13 bits per heavy atom. The summed E-state index contributed by atoms with van der Waals surface area (Å²) in [5.74, 6) is -0.524. The van der Waals surface area contributed by atoms with Crippen LogP contribution in [0.2, 0.25) is 0 Å². The lowest BCUT2D eigenvalue weighted by molar-refractivity contribution is -0.143. The Kier molecular flexibility index (Phi) is 3.78. The van der Waals surface area contributed by atoms with E-state index in [4.69, 9.17) is 0 Å². The Morgan fingerprint density at radius 1 is 1.35 bits per heavy atom. The molecule has 23 heavy (non-hydrogen) atoms. The lowest BCUT2D eigenvalue weighted by atomic mass is 10.1. The number of likely N-dealkylation sites (tertiary alicyclic amines) is 1. The Morgan fingerprint density at radius 3 is 2.74 bits per heavy atom. The molecule has 122 valence electrons. The molecule has 0 N–H and O–H groups in total. The summed E-state index contributed by atoms with van der Waals surface area (Å²) in [5, 5.41) is 3.72. The molecule has 2 aromatic heterocycles. The van der Waals surface area contributed by atoms with E-state index in [9.17, 15) is 18.0 Å². The molecule has 0 radical (unpaired) electrons. The molecule has 0 aromatic carbocycles. The minimum Gasteiger partial charge on any atom is -0.329 e. The van der Waals surface area contributed by atoms with E-state index in [0.717, 1.165) is 12.5 Å². The first-order valence-corrected chi connectivity index (χ1v) is 7.06. The fourth-order valence-electron chi connectivity index (χ4n) is 2.78. The molecule has 1 saturated heterocycles. The Balaban J connectivity index is 1.88. The van der Waals surface area contributed by atoms with Crippen LogP contribution in [0, 0.1) is 0 Å². The number of halogens is 3. The van der Waals surface area contributed by atoms with Crippen LogP contribution < -0.4 is 0 Å². The van der Waals surface area contributed by atoms with Gasteiger partial charge in [0.05, 0.1) is 17.9 Å². The summed E-state index contributed by atoms with van der Waals surface area (Å²) in [6, 6.07) is 0.501. The van der Waals surface area contributed by atoms with Crippen molar-refractivity contribution in [3.8, 4) is 0 Å². The SMILES string of the molecule is Cn1nc(C(=O)N2CCC[C@H]2c2cnccn2)cc1C(F)(F)F. The predicted molar refractivity (Wildman–Crippen MR) is 73.3 cm³/mol. The maximum Gasteiger partial charge on any atom is 0.433 e. The van der Waals surface area contributed by atoms with E-state index < -0.39 is 17.8 Å². The second-order valence-electron chi connectivity index (χ2n) is 5.32. The van der Waals surface area contributed by atoms with Crippen LogP contribution in [0.15, 0.2) is 24.7 Å². The lowest BCUT2D eigenvalue weighted by Crippen LogP contribution is -2.31. The second-order valence-corrected chi connectivity index (χ2v) is 5.32. The zero-order valence-electron chi connectivity index (χ0n) is 12.3. The molecule has 1 aliphatic heterocycles. The molecule has 0 unspecified atom stereocenters. The zero-order valence-corrected chi connectivity index (χ0v) is 12.3. The monoisotopic (exact) mass is 325 g/mol. The number of aromatic nitrogens is 4. The summed E-state index contributed by atoms with van der Waals surface area (Å²) >= 11 is 0. The number of carbonyl (C=O) groups is 1. The van der Waals surface area contributed by atoms with Crippen LogP contribution in [-0.4, -0.2) is 37.1 Å². The number of aryl methyl sites for hydroxylation is 1. The van der Waals surface area contributed by atoms with Crippen LogP contribution in [0.4, 0.5) is 13.2 Å². The van der Waals surface area contributed by atoms with E-state index >= 15 is 0 Å². The average molecular weight is 325 g/mol. The summed E-state index contributed by atoms with van der Waals surface area (Å²) in [6.07, 6.45) is 1.53. The van der Waals surface area contributed by atoms with Gasteiger partial charge < -0.3 is 4.90 Å². The molecule has 1 fully saturated rings. The number of rotatable bonds is 2. The van der Waals surface area contributed by atoms with Crippen molar-refractivity contribution in [1.82, 2.24) is 24.6 Å². The van der Waals surface area contributed by atoms with Crippen LogP contribution in [0.25, 0.3) is 0 Å². The maximum absolute atomic E-state index is 12.8. The summed E-state index contributed by atoms with van der Waals surface area (Å²) < 4.78 is 39.2. The lowest BCUT2D eigenvalue weighted by Gasteiger charge is -2.23. The molecule has 3 heterocycles. The molecule has 1 atom stereocenters. The number of hydrogen-bond donors (Lipinski definition) is 0. The summed E-state index contributed by atoms with van der Waals surface area (Å²) in [7, 11) is 1.17. The largest absolute Gasteiger partial charge is 0.433 e. The molecule has 3 rings (SSSR count). The van der Waals surface area contributed by atoms with E-state index in [1.807, 2.05) is 0 Å². The van der Waals surface area contributed by atoms with Crippen molar-refractivity contribution in [1.29, 1.82) is 0 Å². The van der Waals surface area contributed by atoms with Gasteiger partial charge >= 0.3 is 6.18 Å². The third kappa shape index (κ3) is 2.90. The minimum atomic E-state index is -4.55. The molecule has 9 heteroatoms. The van der Waals surface area contributed by atoms with Gasteiger partial charge in [-0.15, -0.1) is 0 Å². The maximum atomic E-state index is 12.8. The Labute approximate surface area is 130 Å². The van der Waals surface area contributed by atoms with Gasteiger partial charge in [0.2, 0.25) is 0 Å². The number of nitrogens with zero attached hydrogens (tertiary/aromatic N) is 5. The van der Waals surface area contributed by atoms with Crippen LogP contribution in [0.5, 0.6) is 0 Å². The first-order valence-electron chi connectivity index (χ1n) is 7.06. The first kappa shape index (κ1) is 15.4. The summed E-state index contributed by atoms with van der Waals surface area (Å²) in [6.45, 7) is 0.456. The van der Waals surface area contributed by atoms with Crippen molar-refractivity contribution in [2.24, 2.45) is 7.05 Å². The number of amides is 1. The fraction of sp³-hybridized carbons (Fsp3) is 0.429. The molecule has 1 aliphatic rings. The standard InChI is InChI=1S/C14H14F3N5O/c1-21-12(14(15,16)17)7-9(20-21)13(23)22-6-2-3-11(22)10-8-18-4-5-19-10/h4-5,7-8,11H,2-3,6H2,1H3/t11-/m0/s1. The van der Waals surface area contributed by atoms with Gasteiger partial charge in [0.25, 0.3) is 5.91 Å². The van der Waals surface area contributed by atoms with E-state index in [2.05, 4.69) is 15.1 Å². The van der Waals surface area contributed by atoms with Crippen molar-refractivity contribution in [3.05, 3.63) is 41.7 Å². The van der Waals surface area contributed by atoms with E-state index in [0.29, 0.717) is 23.3 Å². The van der Waals surface area contributed by atoms with E-state index in [1.54, 1.807) is 6.20 Å². The van der Waals surface area contributed by atoms with Gasteiger partial charge in [-0.3, -0.25) is 19.4 Å². The van der Waals surface area contributed by atoms with Gasteiger partial charge in [-0.2, -0.15) is 18.3 Å². The van der Waals surface area contributed by atoms with Crippen LogP contribution >= 0.6 is 0 Å². The highest BCUT2D eigenvalue weighted by Crippen LogP contribution is 2.33. The number of hydrogen-bond acceptors (Lipinski definition) is 4. The molecule has 2 aromatic rings. The third-order valence-electron chi connectivity index (χ3n) is 3.83. The third-order valence-corrected chi connectivity index (χ3v) is 3.83. The Bertz CT molecular complexity index is 713. The van der Waals surface area contributed by atoms with Crippen LogP contribution in [-0.2, 0) is 13.2 Å². The van der Waals surface area contributed by atoms with Crippen molar-refractivity contribution in [2.75, 3.05) is 6.54 Å². The number of carbonyl (C=O) groups excluding carboxylic acids is 1. The second kappa shape index (κ2) is 5.64. The molecule has 0 spiro atoms. The topological polar surface area (TPSA) is 63.9 Å². The summed E-state index contributed by atoms with van der Waals surface area (Å²) in [4.78, 5) is 22.2. The van der Waals surface area contributed by atoms with Gasteiger partial charge in [0, 0.05) is 32.1 Å². The Hall–Kier alpha value is -2.45. The summed E-state index contributed by atoms with van der Waals surface area (Å²) in [5.41, 5.74) is -0.531. The van der Waals surface area contributed by atoms with Crippen molar-refractivity contribution in [3.63, 3.8) is 0 Å². The van der Waals surface area contributed by atoms with Gasteiger partial charge in [-0.25, -0.2) is 0 Å². The predicted octanol–water partition coefficient (Wildman–Crippen LogP) is 2.21. The average Bonchev–Trinajstić information content (AvgIpc) is 3.13. The first-order chi connectivity index (χ1) is 10.9. The highest BCUT2D eigenvalue weighted by atomic mass is 19.4. The van der Waals surface area contributed by atoms with Crippen LogP contribution in [0.3, 0.4) is 0 Å².